The molecule has 2 fully saturated rings. The van der Waals surface area contributed by atoms with Gasteiger partial charge in [-0.2, -0.15) is 0 Å². The second kappa shape index (κ2) is 7.99. The van der Waals surface area contributed by atoms with Gasteiger partial charge < -0.3 is 15.5 Å². The molecule has 2 aliphatic heterocycles. The minimum atomic E-state index is -0.0609. The zero-order chi connectivity index (χ0) is 17.0. The van der Waals surface area contributed by atoms with Gasteiger partial charge in [-0.05, 0) is 33.1 Å². The number of hydrogen-bond acceptors (Lipinski definition) is 3. The lowest BCUT2D eigenvalue weighted by atomic mass is 10.0. The van der Waals surface area contributed by atoms with Crippen LogP contribution in [-0.4, -0.2) is 66.0 Å². The Kier molecular flexibility index (Phi) is 6.27. The number of hydrogen-bond donors (Lipinski definition) is 2. The number of rotatable bonds is 4. The predicted molar refractivity (Wildman–Crippen MR) is 91.2 cm³/mol. The topological polar surface area (TPSA) is 64.7 Å². The molecule has 6 nitrogen and oxygen atoms in total. The molecule has 0 saturated carbocycles. The Balaban J connectivity index is 1.68. The number of amides is 3. The van der Waals surface area contributed by atoms with Crippen LogP contribution < -0.4 is 10.6 Å². The molecule has 0 aromatic rings. The van der Waals surface area contributed by atoms with Gasteiger partial charge in [0.15, 0.2) is 0 Å². The van der Waals surface area contributed by atoms with Gasteiger partial charge in [-0.1, -0.05) is 13.8 Å². The third-order valence-corrected chi connectivity index (χ3v) is 4.92. The fraction of sp³-hybridized carbons (Fsp3) is 0.882. The van der Waals surface area contributed by atoms with Crippen LogP contribution in [0.4, 0.5) is 4.79 Å². The second-order valence-corrected chi connectivity index (χ2v) is 7.45. The SMILES string of the molecule is CC(C)C(=O)N1CCC(NC(=O)N[C@@H]2CCN(C(C)C)C2)CC1. The Morgan fingerprint density at radius 2 is 1.48 bits per heavy atom. The summed E-state index contributed by atoms with van der Waals surface area (Å²) in [4.78, 5) is 28.4. The molecule has 2 rings (SSSR count). The number of nitrogens with zero attached hydrogens (tertiary/aromatic N) is 2. The van der Waals surface area contributed by atoms with Crippen molar-refractivity contribution >= 4 is 11.9 Å². The van der Waals surface area contributed by atoms with Gasteiger partial charge in [0.2, 0.25) is 5.91 Å². The van der Waals surface area contributed by atoms with E-state index in [2.05, 4.69) is 29.4 Å². The van der Waals surface area contributed by atoms with E-state index in [-0.39, 0.29) is 29.9 Å². The maximum absolute atomic E-state index is 12.1. The first-order valence-corrected chi connectivity index (χ1v) is 8.96. The van der Waals surface area contributed by atoms with Gasteiger partial charge in [0, 0.05) is 50.2 Å². The third kappa shape index (κ3) is 5.09. The Labute approximate surface area is 140 Å². The van der Waals surface area contributed by atoms with E-state index in [1.807, 2.05) is 18.7 Å². The molecule has 0 bridgehead atoms. The molecule has 3 amide bonds. The lowest BCUT2D eigenvalue weighted by molar-refractivity contribution is -0.135. The molecule has 0 radical (unpaired) electrons. The summed E-state index contributed by atoms with van der Waals surface area (Å²) in [5.74, 6) is 0.265. The zero-order valence-corrected chi connectivity index (χ0v) is 15.0. The van der Waals surface area contributed by atoms with E-state index in [0.29, 0.717) is 6.04 Å². The van der Waals surface area contributed by atoms with Gasteiger partial charge in [-0.3, -0.25) is 9.69 Å². The molecule has 2 N–H and O–H groups in total. The average molecular weight is 324 g/mol. The van der Waals surface area contributed by atoms with Crippen LogP contribution in [0, 0.1) is 5.92 Å². The van der Waals surface area contributed by atoms with Crippen molar-refractivity contribution in [3.8, 4) is 0 Å². The monoisotopic (exact) mass is 324 g/mol. The lowest BCUT2D eigenvalue weighted by Gasteiger charge is -2.33. The van der Waals surface area contributed by atoms with Gasteiger partial charge in [0.25, 0.3) is 0 Å². The molecular formula is C17H32N4O2. The highest BCUT2D eigenvalue weighted by Gasteiger charge is 2.28. The van der Waals surface area contributed by atoms with E-state index in [1.165, 1.54) is 0 Å². The molecule has 1 atom stereocenters. The maximum atomic E-state index is 12.1. The van der Waals surface area contributed by atoms with Gasteiger partial charge in [-0.25, -0.2) is 4.79 Å². The van der Waals surface area contributed by atoms with Gasteiger partial charge in [-0.15, -0.1) is 0 Å². The molecule has 0 aromatic carbocycles. The minimum absolute atomic E-state index is 0.0501. The molecule has 0 aromatic heterocycles. The zero-order valence-electron chi connectivity index (χ0n) is 15.0. The van der Waals surface area contributed by atoms with Crippen LogP contribution in [0.1, 0.15) is 47.0 Å². The predicted octanol–water partition coefficient (Wildman–Crippen LogP) is 1.42. The summed E-state index contributed by atoms with van der Waals surface area (Å²) in [5.41, 5.74) is 0. The summed E-state index contributed by atoms with van der Waals surface area (Å²) in [6.45, 7) is 11.7. The summed E-state index contributed by atoms with van der Waals surface area (Å²) in [5, 5.41) is 6.16. The van der Waals surface area contributed by atoms with Crippen LogP contribution in [0.2, 0.25) is 0 Å². The van der Waals surface area contributed by atoms with Gasteiger partial charge in [0.05, 0.1) is 0 Å². The summed E-state index contributed by atoms with van der Waals surface area (Å²) in [6, 6.07) is 0.899. The van der Waals surface area contributed by atoms with Crippen molar-refractivity contribution < 1.29 is 9.59 Å². The third-order valence-electron chi connectivity index (χ3n) is 4.92. The van der Waals surface area contributed by atoms with E-state index in [4.69, 9.17) is 0 Å². The van der Waals surface area contributed by atoms with Crippen molar-refractivity contribution in [3.63, 3.8) is 0 Å². The number of piperidine rings is 1. The number of likely N-dealkylation sites (tertiary alicyclic amines) is 2. The summed E-state index contributed by atoms with van der Waals surface area (Å²) in [6.07, 6.45) is 2.70. The highest BCUT2D eigenvalue weighted by atomic mass is 16.2. The lowest BCUT2D eigenvalue weighted by Crippen LogP contribution is -2.51. The summed E-state index contributed by atoms with van der Waals surface area (Å²) in [7, 11) is 0. The molecule has 132 valence electrons. The Bertz CT molecular complexity index is 417. The molecule has 2 aliphatic rings. The fourth-order valence-electron chi connectivity index (χ4n) is 3.40. The largest absolute Gasteiger partial charge is 0.342 e. The molecule has 0 aliphatic carbocycles. The van der Waals surface area contributed by atoms with Crippen molar-refractivity contribution in [2.45, 2.75) is 65.1 Å². The standard InChI is InChI=1S/C17H32N4O2/c1-12(2)16(22)20-8-5-14(6-9-20)18-17(23)19-15-7-10-21(11-15)13(3)4/h12-15H,5-11H2,1-4H3,(H2,18,19,23)/t15-/m1/s1. The van der Waals surface area contributed by atoms with E-state index in [1.54, 1.807) is 0 Å². The highest BCUT2D eigenvalue weighted by molar-refractivity contribution is 5.78. The smallest absolute Gasteiger partial charge is 0.315 e. The Morgan fingerprint density at radius 3 is 2.00 bits per heavy atom. The molecule has 2 saturated heterocycles. The van der Waals surface area contributed by atoms with Crippen LogP contribution in [0.5, 0.6) is 0 Å². The molecule has 23 heavy (non-hydrogen) atoms. The second-order valence-electron chi connectivity index (χ2n) is 7.45. The van der Waals surface area contributed by atoms with Crippen LogP contribution in [0.15, 0.2) is 0 Å². The quantitative estimate of drug-likeness (QED) is 0.822. The van der Waals surface area contributed by atoms with E-state index >= 15 is 0 Å². The van der Waals surface area contributed by atoms with Crippen LogP contribution in [0.25, 0.3) is 0 Å². The molecular weight excluding hydrogens is 292 g/mol. The van der Waals surface area contributed by atoms with Crippen LogP contribution >= 0.6 is 0 Å². The first-order chi connectivity index (χ1) is 10.9. The van der Waals surface area contributed by atoms with Crippen LogP contribution in [-0.2, 0) is 4.79 Å². The molecule has 6 heteroatoms. The van der Waals surface area contributed by atoms with Gasteiger partial charge >= 0.3 is 6.03 Å². The molecule has 0 unspecified atom stereocenters. The first-order valence-electron chi connectivity index (χ1n) is 8.96. The van der Waals surface area contributed by atoms with Crippen molar-refractivity contribution in [3.05, 3.63) is 0 Å². The number of carbonyl (C=O) groups is 2. The van der Waals surface area contributed by atoms with Crippen molar-refractivity contribution in [1.82, 2.24) is 20.4 Å². The maximum Gasteiger partial charge on any atom is 0.315 e. The highest BCUT2D eigenvalue weighted by Crippen LogP contribution is 2.14. The first kappa shape index (κ1) is 18.0. The van der Waals surface area contributed by atoms with E-state index in [0.717, 1.165) is 45.4 Å². The Morgan fingerprint density at radius 1 is 0.913 bits per heavy atom. The number of nitrogens with one attached hydrogen (secondary N) is 2. The normalized spacial score (nSPS) is 23.6. The van der Waals surface area contributed by atoms with E-state index in [9.17, 15) is 9.59 Å². The summed E-state index contributed by atoms with van der Waals surface area (Å²) >= 11 is 0. The van der Waals surface area contributed by atoms with E-state index < -0.39 is 0 Å². The van der Waals surface area contributed by atoms with Crippen molar-refractivity contribution in [2.24, 2.45) is 5.92 Å². The van der Waals surface area contributed by atoms with Gasteiger partial charge in [0.1, 0.15) is 0 Å². The average Bonchev–Trinajstić information content (AvgIpc) is 2.95. The van der Waals surface area contributed by atoms with Crippen LogP contribution in [0.3, 0.4) is 0 Å². The number of carbonyl (C=O) groups excluding carboxylic acids is 2. The Hall–Kier alpha value is -1.30. The fourth-order valence-corrected chi connectivity index (χ4v) is 3.40. The minimum Gasteiger partial charge on any atom is -0.342 e. The summed E-state index contributed by atoms with van der Waals surface area (Å²) < 4.78 is 0. The van der Waals surface area contributed by atoms with Crippen molar-refractivity contribution in [1.29, 1.82) is 0 Å². The molecule has 0 spiro atoms. The van der Waals surface area contributed by atoms with Crippen molar-refractivity contribution in [2.75, 3.05) is 26.2 Å². The number of urea groups is 1. The molecule has 2 heterocycles.